The van der Waals surface area contributed by atoms with Gasteiger partial charge in [-0.15, -0.1) is 0 Å². The van der Waals surface area contributed by atoms with Crippen molar-refractivity contribution in [3.63, 3.8) is 0 Å². The topological polar surface area (TPSA) is 59.1 Å². The van der Waals surface area contributed by atoms with Crippen LogP contribution < -0.4 is 9.47 Å². The summed E-state index contributed by atoms with van der Waals surface area (Å²) in [6.45, 7) is 1.74. The van der Waals surface area contributed by atoms with E-state index in [1.807, 2.05) is 0 Å². The number of hydrogen-bond donors (Lipinski definition) is 0. The Bertz CT molecular complexity index is 874. The molecular formula is C20H20Cl2N2O4. The summed E-state index contributed by atoms with van der Waals surface area (Å²) in [4.78, 5) is 28.9. The number of methoxy groups -OCH3 is 2. The molecule has 1 aliphatic heterocycles. The van der Waals surface area contributed by atoms with Gasteiger partial charge >= 0.3 is 0 Å². The number of hydrogen-bond acceptors (Lipinski definition) is 4. The second kappa shape index (κ2) is 8.71. The fraction of sp³-hybridized carbons (Fsp3) is 0.300. The number of benzene rings is 2. The summed E-state index contributed by atoms with van der Waals surface area (Å²) in [7, 11) is 3.08. The zero-order chi connectivity index (χ0) is 20.3. The Balaban J connectivity index is 1.67. The van der Waals surface area contributed by atoms with Crippen molar-refractivity contribution in [2.45, 2.75) is 0 Å². The number of halogens is 2. The first-order valence-corrected chi connectivity index (χ1v) is 9.45. The van der Waals surface area contributed by atoms with Gasteiger partial charge in [-0.2, -0.15) is 0 Å². The van der Waals surface area contributed by atoms with Crippen molar-refractivity contribution < 1.29 is 19.1 Å². The molecule has 2 amide bonds. The maximum Gasteiger partial charge on any atom is 0.254 e. The van der Waals surface area contributed by atoms with E-state index < -0.39 is 0 Å². The molecule has 0 radical (unpaired) electrons. The summed E-state index contributed by atoms with van der Waals surface area (Å²) in [6, 6.07) is 9.89. The van der Waals surface area contributed by atoms with Gasteiger partial charge in [0.1, 0.15) is 11.5 Å². The van der Waals surface area contributed by atoms with Gasteiger partial charge in [-0.3, -0.25) is 9.59 Å². The molecule has 3 rings (SSSR count). The number of ether oxygens (including phenoxy) is 2. The van der Waals surface area contributed by atoms with Gasteiger partial charge in [0, 0.05) is 43.4 Å². The Morgan fingerprint density at radius 2 is 1.25 bits per heavy atom. The van der Waals surface area contributed by atoms with E-state index in [0.717, 1.165) is 0 Å². The Morgan fingerprint density at radius 3 is 1.71 bits per heavy atom. The van der Waals surface area contributed by atoms with Crippen LogP contribution in [0.3, 0.4) is 0 Å². The van der Waals surface area contributed by atoms with E-state index in [9.17, 15) is 9.59 Å². The van der Waals surface area contributed by atoms with Gasteiger partial charge in [0.05, 0.1) is 24.3 Å². The summed E-state index contributed by atoms with van der Waals surface area (Å²) in [5.41, 5.74) is 0.965. The molecule has 2 aromatic rings. The van der Waals surface area contributed by atoms with Crippen LogP contribution in [0.1, 0.15) is 20.7 Å². The van der Waals surface area contributed by atoms with Crippen LogP contribution in [0.15, 0.2) is 36.4 Å². The van der Waals surface area contributed by atoms with E-state index in [4.69, 9.17) is 32.7 Å². The van der Waals surface area contributed by atoms with Crippen LogP contribution >= 0.6 is 23.2 Å². The quantitative estimate of drug-likeness (QED) is 0.754. The highest BCUT2D eigenvalue weighted by Crippen LogP contribution is 2.25. The Labute approximate surface area is 173 Å². The van der Waals surface area contributed by atoms with Gasteiger partial charge in [0.15, 0.2) is 0 Å². The summed E-state index contributed by atoms with van der Waals surface area (Å²) in [6.07, 6.45) is 0. The lowest BCUT2D eigenvalue weighted by Crippen LogP contribution is -2.50. The molecule has 0 spiro atoms. The first kappa shape index (κ1) is 20.3. The lowest BCUT2D eigenvalue weighted by Gasteiger charge is -2.35. The van der Waals surface area contributed by atoms with E-state index in [2.05, 4.69) is 0 Å². The van der Waals surface area contributed by atoms with E-state index >= 15 is 0 Å². The maximum absolute atomic E-state index is 12.8. The minimum atomic E-state index is -0.131. The third-order valence-corrected chi connectivity index (χ3v) is 5.36. The molecule has 1 fully saturated rings. The molecule has 1 saturated heterocycles. The average molecular weight is 423 g/mol. The minimum Gasteiger partial charge on any atom is -0.497 e. The molecule has 0 aliphatic carbocycles. The molecule has 6 nitrogen and oxygen atoms in total. The normalized spacial score (nSPS) is 14.0. The second-order valence-corrected chi connectivity index (χ2v) is 7.13. The first-order chi connectivity index (χ1) is 13.4. The van der Waals surface area contributed by atoms with Crippen molar-refractivity contribution in [3.8, 4) is 11.5 Å². The summed E-state index contributed by atoms with van der Waals surface area (Å²) >= 11 is 11.9. The largest absolute Gasteiger partial charge is 0.497 e. The maximum atomic E-state index is 12.8. The van der Waals surface area contributed by atoms with Crippen LogP contribution in [0.4, 0.5) is 0 Å². The van der Waals surface area contributed by atoms with Crippen molar-refractivity contribution >= 4 is 35.0 Å². The summed E-state index contributed by atoms with van der Waals surface area (Å²) < 4.78 is 10.5. The Kier molecular flexibility index (Phi) is 6.31. The third-order valence-electron chi connectivity index (χ3n) is 4.62. The van der Waals surface area contributed by atoms with Gasteiger partial charge in [-0.05, 0) is 30.3 Å². The lowest BCUT2D eigenvalue weighted by molar-refractivity contribution is 0.0535. The average Bonchev–Trinajstić information content (AvgIpc) is 2.74. The molecule has 0 unspecified atom stereocenters. The number of rotatable bonds is 4. The van der Waals surface area contributed by atoms with Gasteiger partial charge < -0.3 is 19.3 Å². The predicted molar refractivity (Wildman–Crippen MR) is 108 cm³/mol. The number of amides is 2. The number of carbonyl (C=O) groups excluding carboxylic acids is 2. The molecule has 1 aliphatic rings. The van der Waals surface area contributed by atoms with E-state index in [1.165, 1.54) is 14.2 Å². The van der Waals surface area contributed by atoms with E-state index in [0.29, 0.717) is 58.9 Å². The van der Waals surface area contributed by atoms with Crippen molar-refractivity contribution in [3.05, 3.63) is 57.6 Å². The molecule has 0 atom stereocenters. The lowest BCUT2D eigenvalue weighted by atomic mass is 10.1. The second-order valence-electron chi connectivity index (χ2n) is 6.31. The molecule has 0 N–H and O–H groups in total. The highest BCUT2D eigenvalue weighted by molar-refractivity contribution is 6.42. The molecule has 8 heteroatoms. The number of piperazine rings is 1. The molecule has 148 valence electrons. The smallest absolute Gasteiger partial charge is 0.254 e. The monoisotopic (exact) mass is 422 g/mol. The van der Waals surface area contributed by atoms with Crippen LogP contribution in [0.5, 0.6) is 11.5 Å². The summed E-state index contributed by atoms with van der Waals surface area (Å²) in [5.74, 6) is 0.847. The molecule has 2 aromatic carbocycles. The molecule has 28 heavy (non-hydrogen) atoms. The van der Waals surface area contributed by atoms with Gasteiger partial charge in [-0.25, -0.2) is 0 Å². The van der Waals surface area contributed by atoms with Crippen molar-refractivity contribution in [1.82, 2.24) is 9.80 Å². The van der Waals surface area contributed by atoms with Crippen LogP contribution in [0.25, 0.3) is 0 Å². The van der Waals surface area contributed by atoms with Gasteiger partial charge in [0.25, 0.3) is 11.8 Å². The Morgan fingerprint density at radius 1 is 0.750 bits per heavy atom. The van der Waals surface area contributed by atoms with Crippen LogP contribution in [-0.4, -0.2) is 62.0 Å². The standard InChI is InChI=1S/C20H20Cl2N2O4/c1-27-15-9-14(10-16(12-15)28-2)20(26)24-7-5-23(6-8-24)19(25)13-3-4-17(21)18(22)11-13/h3-4,9-12H,5-8H2,1-2H3. The van der Waals surface area contributed by atoms with Crippen molar-refractivity contribution in [2.24, 2.45) is 0 Å². The Hall–Kier alpha value is -2.44. The highest BCUT2D eigenvalue weighted by Gasteiger charge is 2.26. The molecular weight excluding hydrogens is 403 g/mol. The summed E-state index contributed by atoms with van der Waals surface area (Å²) in [5, 5.41) is 0.746. The van der Waals surface area contributed by atoms with Crippen LogP contribution in [0, 0.1) is 0 Å². The predicted octanol–water partition coefficient (Wildman–Crippen LogP) is 3.61. The van der Waals surface area contributed by atoms with Crippen LogP contribution in [0.2, 0.25) is 10.0 Å². The van der Waals surface area contributed by atoms with Crippen LogP contribution in [-0.2, 0) is 0 Å². The molecule has 0 bridgehead atoms. The zero-order valence-electron chi connectivity index (χ0n) is 15.6. The van der Waals surface area contributed by atoms with E-state index in [1.54, 1.807) is 46.2 Å². The zero-order valence-corrected chi connectivity index (χ0v) is 17.1. The SMILES string of the molecule is COc1cc(OC)cc(C(=O)N2CCN(C(=O)c3ccc(Cl)c(Cl)c3)CC2)c1. The number of nitrogens with zero attached hydrogens (tertiary/aromatic N) is 2. The molecule has 0 aromatic heterocycles. The van der Waals surface area contributed by atoms with Crippen molar-refractivity contribution in [2.75, 3.05) is 40.4 Å². The highest BCUT2D eigenvalue weighted by atomic mass is 35.5. The fourth-order valence-corrected chi connectivity index (χ4v) is 3.34. The first-order valence-electron chi connectivity index (χ1n) is 8.69. The minimum absolute atomic E-state index is 0.126. The molecule has 1 heterocycles. The third kappa shape index (κ3) is 4.34. The van der Waals surface area contributed by atoms with E-state index in [-0.39, 0.29) is 11.8 Å². The van der Waals surface area contributed by atoms with Gasteiger partial charge in [-0.1, -0.05) is 23.2 Å². The van der Waals surface area contributed by atoms with Crippen molar-refractivity contribution in [1.29, 1.82) is 0 Å². The number of carbonyl (C=O) groups is 2. The fourth-order valence-electron chi connectivity index (χ4n) is 3.04. The molecule has 0 saturated carbocycles. The van der Waals surface area contributed by atoms with Gasteiger partial charge in [0.2, 0.25) is 0 Å².